The second kappa shape index (κ2) is 7.06. The monoisotopic (exact) mass is 397 g/mol. The summed E-state index contributed by atoms with van der Waals surface area (Å²) in [6.45, 7) is 0.888. The summed E-state index contributed by atoms with van der Waals surface area (Å²) in [5.41, 5.74) is 1.06. The average Bonchev–Trinajstić information content (AvgIpc) is 3.09. The van der Waals surface area contributed by atoms with Gasteiger partial charge < -0.3 is 29.0 Å². The van der Waals surface area contributed by atoms with Gasteiger partial charge >= 0.3 is 0 Å². The van der Waals surface area contributed by atoms with Crippen LogP contribution in [-0.2, 0) is 0 Å². The molecule has 1 saturated carbocycles. The molecule has 7 heteroatoms. The molecule has 1 amide bonds. The Balaban J connectivity index is 1.35. The third-order valence-corrected chi connectivity index (χ3v) is 5.50. The van der Waals surface area contributed by atoms with Crippen LogP contribution in [0.15, 0.2) is 30.3 Å². The normalized spacial score (nSPS) is 18.4. The molecule has 5 rings (SSSR count). The summed E-state index contributed by atoms with van der Waals surface area (Å²) >= 11 is 0. The van der Waals surface area contributed by atoms with Crippen molar-refractivity contribution in [3.63, 3.8) is 0 Å². The first-order chi connectivity index (χ1) is 14.2. The van der Waals surface area contributed by atoms with Crippen molar-refractivity contribution in [3.05, 3.63) is 35.9 Å². The summed E-state index contributed by atoms with van der Waals surface area (Å²) in [6.07, 6.45) is 5.19. The first-order valence-corrected chi connectivity index (χ1v) is 9.97. The predicted molar refractivity (Wildman–Crippen MR) is 105 cm³/mol. The lowest BCUT2D eigenvalue weighted by atomic mass is 9.94. The van der Waals surface area contributed by atoms with Crippen molar-refractivity contribution in [2.24, 2.45) is 0 Å². The fourth-order valence-electron chi connectivity index (χ4n) is 4.07. The van der Waals surface area contributed by atoms with Crippen molar-refractivity contribution in [2.45, 2.75) is 37.9 Å². The Bertz CT molecular complexity index is 933. The Morgan fingerprint density at radius 3 is 2.59 bits per heavy atom. The van der Waals surface area contributed by atoms with Gasteiger partial charge in [-0.2, -0.15) is 0 Å². The minimum atomic E-state index is -0.535. The van der Waals surface area contributed by atoms with Gasteiger partial charge in [-0.3, -0.25) is 4.79 Å². The fraction of sp³-hybridized carbons (Fsp3) is 0.409. The van der Waals surface area contributed by atoms with Gasteiger partial charge in [0.25, 0.3) is 11.7 Å². The quantitative estimate of drug-likeness (QED) is 0.839. The molecule has 2 heterocycles. The van der Waals surface area contributed by atoms with Crippen LogP contribution in [0.1, 0.15) is 42.5 Å². The molecule has 1 spiro atoms. The maximum absolute atomic E-state index is 12.8. The lowest BCUT2D eigenvalue weighted by Gasteiger charge is -2.31. The number of carbonyl (C=O) groups is 1. The van der Waals surface area contributed by atoms with E-state index in [4.69, 9.17) is 23.7 Å². The zero-order valence-corrected chi connectivity index (χ0v) is 16.3. The summed E-state index contributed by atoms with van der Waals surface area (Å²) in [7, 11) is 1.54. The number of ether oxygens (including phenoxy) is 5. The van der Waals surface area contributed by atoms with Gasteiger partial charge in [0, 0.05) is 30.2 Å². The first kappa shape index (κ1) is 18.0. The van der Waals surface area contributed by atoms with Gasteiger partial charge in [0.1, 0.15) is 13.2 Å². The van der Waals surface area contributed by atoms with Crippen LogP contribution in [0.25, 0.3) is 0 Å². The number of amides is 1. The number of anilines is 1. The second-order valence-corrected chi connectivity index (χ2v) is 7.49. The highest BCUT2D eigenvalue weighted by atomic mass is 16.7. The van der Waals surface area contributed by atoms with Crippen LogP contribution in [0.3, 0.4) is 0 Å². The standard InChI is InChI=1S/C22H23NO6/c1-25-18-11-14(12-19-20(18)27-10-9-26-19)21(24)23-15-5-6-16-17(13-15)29-22(28-16)7-3-2-4-8-22/h5-6,11-13H,2-4,7-10H2,1H3,(H,23,24). The van der Waals surface area contributed by atoms with E-state index in [1.165, 1.54) is 13.5 Å². The molecule has 1 aliphatic carbocycles. The van der Waals surface area contributed by atoms with Crippen molar-refractivity contribution >= 4 is 11.6 Å². The van der Waals surface area contributed by atoms with E-state index in [0.29, 0.717) is 47.5 Å². The van der Waals surface area contributed by atoms with Crippen molar-refractivity contribution in [1.82, 2.24) is 0 Å². The number of methoxy groups -OCH3 is 1. The molecule has 0 radical (unpaired) electrons. The highest BCUT2D eigenvalue weighted by Crippen LogP contribution is 2.46. The van der Waals surface area contributed by atoms with Gasteiger partial charge in [-0.25, -0.2) is 0 Å². The SMILES string of the molecule is COc1cc(C(=O)Nc2ccc3c(c2)OC2(CCCCC2)O3)cc2c1OCCO2. The lowest BCUT2D eigenvalue weighted by Crippen LogP contribution is -2.40. The number of benzene rings is 2. The molecule has 0 saturated heterocycles. The largest absolute Gasteiger partial charge is 0.493 e. The van der Waals surface area contributed by atoms with Crippen LogP contribution < -0.4 is 29.0 Å². The molecule has 29 heavy (non-hydrogen) atoms. The van der Waals surface area contributed by atoms with E-state index in [1.807, 2.05) is 18.2 Å². The third-order valence-electron chi connectivity index (χ3n) is 5.50. The molecule has 0 aromatic heterocycles. The number of carbonyl (C=O) groups excluding carboxylic acids is 1. The highest BCUT2D eigenvalue weighted by molar-refractivity contribution is 6.05. The third kappa shape index (κ3) is 3.30. The maximum Gasteiger partial charge on any atom is 0.255 e. The zero-order chi connectivity index (χ0) is 19.8. The Kier molecular flexibility index (Phi) is 4.38. The van der Waals surface area contributed by atoms with Crippen LogP contribution in [-0.4, -0.2) is 32.0 Å². The summed E-state index contributed by atoms with van der Waals surface area (Å²) < 4.78 is 28.8. The van der Waals surface area contributed by atoms with E-state index in [2.05, 4.69) is 5.32 Å². The Labute approximate surface area is 168 Å². The van der Waals surface area contributed by atoms with Gasteiger partial charge in [-0.1, -0.05) is 6.42 Å². The summed E-state index contributed by atoms with van der Waals surface area (Å²) in [5, 5.41) is 2.91. The molecule has 1 N–H and O–H groups in total. The van der Waals surface area contributed by atoms with Crippen molar-refractivity contribution in [1.29, 1.82) is 0 Å². The molecular formula is C22H23NO6. The number of rotatable bonds is 3. The van der Waals surface area contributed by atoms with Gasteiger partial charge in [-0.05, 0) is 37.1 Å². The topological polar surface area (TPSA) is 75.3 Å². The smallest absolute Gasteiger partial charge is 0.255 e. The van der Waals surface area contributed by atoms with E-state index in [-0.39, 0.29) is 5.91 Å². The summed E-state index contributed by atoms with van der Waals surface area (Å²) in [5.74, 6) is 2.09. The molecule has 2 aromatic carbocycles. The number of fused-ring (bicyclic) bond motifs is 2. The van der Waals surface area contributed by atoms with Crippen LogP contribution >= 0.6 is 0 Å². The Morgan fingerprint density at radius 2 is 1.76 bits per heavy atom. The van der Waals surface area contributed by atoms with E-state index >= 15 is 0 Å². The van der Waals surface area contributed by atoms with E-state index in [9.17, 15) is 4.79 Å². The van der Waals surface area contributed by atoms with Crippen LogP contribution in [0.4, 0.5) is 5.69 Å². The Hall–Kier alpha value is -3.09. The van der Waals surface area contributed by atoms with Crippen LogP contribution in [0.5, 0.6) is 28.7 Å². The molecule has 0 bridgehead atoms. The van der Waals surface area contributed by atoms with Gasteiger partial charge in [-0.15, -0.1) is 0 Å². The van der Waals surface area contributed by atoms with E-state index in [0.717, 1.165) is 31.4 Å². The molecule has 0 unspecified atom stereocenters. The number of hydrogen-bond acceptors (Lipinski definition) is 6. The first-order valence-electron chi connectivity index (χ1n) is 9.97. The minimum absolute atomic E-state index is 0.272. The van der Waals surface area contributed by atoms with Gasteiger partial charge in [0.05, 0.1) is 7.11 Å². The summed E-state index contributed by atoms with van der Waals surface area (Å²) in [4.78, 5) is 12.8. The highest BCUT2D eigenvalue weighted by Gasteiger charge is 2.42. The Morgan fingerprint density at radius 1 is 0.966 bits per heavy atom. The van der Waals surface area contributed by atoms with E-state index in [1.54, 1.807) is 12.1 Å². The number of nitrogens with one attached hydrogen (secondary N) is 1. The molecule has 2 aromatic rings. The number of hydrogen-bond donors (Lipinski definition) is 1. The molecular weight excluding hydrogens is 374 g/mol. The lowest BCUT2D eigenvalue weighted by molar-refractivity contribution is -0.105. The maximum atomic E-state index is 12.8. The minimum Gasteiger partial charge on any atom is -0.493 e. The van der Waals surface area contributed by atoms with Gasteiger partial charge in [0.15, 0.2) is 23.0 Å². The van der Waals surface area contributed by atoms with Crippen molar-refractivity contribution in [2.75, 3.05) is 25.6 Å². The molecule has 152 valence electrons. The average molecular weight is 397 g/mol. The van der Waals surface area contributed by atoms with Crippen LogP contribution in [0, 0.1) is 0 Å². The predicted octanol–water partition coefficient (Wildman–Crippen LogP) is 4.15. The van der Waals surface area contributed by atoms with Crippen LogP contribution in [0.2, 0.25) is 0 Å². The molecule has 7 nitrogen and oxygen atoms in total. The molecule has 2 aliphatic heterocycles. The van der Waals surface area contributed by atoms with E-state index < -0.39 is 5.79 Å². The zero-order valence-electron chi connectivity index (χ0n) is 16.3. The molecule has 3 aliphatic rings. The molecule has 0 atom stereocenters. The van der Waals surface area contributed by atoms with Gasteiger partial charge in [0.2, 0.25) is 5.75 Å². The second-order valence-electron chi connectivity index (χ2n) is 7.49. The van der Waals surface area contributed by atoms with Crippen molar-refractivity contribution < 1.29 is 28.5 Å². The van der Waals surface area contributed by atoms with Crippen molar-refractivity contribution in [3.8, 4) is 28.7 Å². The molecule has 1 fully saturated rings. The fourth-order valence-corrected chi connectivity index (χ4v) is 4.07. The summed E-state index contributed by atoms with van der Waals surface area (Å²) in [6, 6.07) is 8.78.